The Morgan fingerprint density at radius 1 is 1.33 bits per heavy atom. The molecule has 1 heterocycles. The second-order valence-corrected chi connectivity index (χ2v) is 5.22. The van der Waals surface area contributed by atoms with Gasteiger partial charge >= 0.3 is 0 Å². The van der Waals surface area contributed by atoms with E-state index in [1.165, 1.54) is 5.56 Å². The summed E-state index contributed by atoms with van der Waals surface area (Å²) in [5.74, 6) is 0.353. The van der Waals surface area contributed by atoms with Gasteiger partial charge in [0.2, 0.25) is 0 Å². The molecule has 0 aromatic heterocycles. The zero-order valence-electron chi connectivity index (χ0n) is 11.2. The van der Waals surface area contributed by atoms with Gasteiger partial charge in [0, 0.05) is 12.5 Å². The molecule has 18 heavy (non-hydrogen) atoms. The van der Waals surface area contributed by atoms with Crippen LogP contribution in [0.1, 0.15) is 38.2 Å². The number of ether oxygens (including phenoxy) is 1. The molecule has 0 saturated carbocycles. The molecule has 100 valence electrons. The molecule has 1 aromatic carbocycles. The number of hydrogen-bond donors (Lipinski definition) is 1. The molecule has 2 heteroatoms. The van der Waals surface area contributed by atoms with Crippen LogP contribution in [-0.2, 0) is 11.2 Å². The third kappa shape index (κ3) is 3.56. The second-order valence-electron chi connectivity index (χ2n) is 5.22. The van der Waals surface area contributed by atoms with E-state index in [1.54, 1.807) is 0 Å². The molecule has 0 radical (unpaired) electrons. The third-order valence-electron chi connectivity index (χ3n) is 3.97. The number of aliphatic hydroxyl groups excluding tert-OH is 1. The van der Waals surface area contributed by atoms with Gasteiger partial charge in [0.15, 0.2) is 0 Å². The number of benzene rings is 1. The maximum atomic E-state index is 10.2. The Morgan fingerprint density at radius 2 is 2.11 bits per heavy atom. The molecule has 0 spiro atoms. The first kappa shape index (κ1) is 13.6. The van der Waals surface area contributed by atoms with Gasteiger partial charge in [0.25, 0.3) is 0 Å². The van der Waals surface area contributed by atoms with Gasteiger partial charge in [-0.1, -0.05) is 37.3 Å². The summed E-state index contributed by atoms with van der Waals surface area (Å²) in [6, 6.07) is 10.5. The van der Waals surface area contributed by atoms with Gasteiger partial charge in [-0.3, -0.25) is 0 Å². The van der Waals surface area contributed by atoms with E-state index in [9.17, 15) is 5.11 Å². The summed E-state index contributed by atoms with van der Waals surface area (Å²) in [6.45, 7) is 2.96. The average molecular weight is 248 g/mol. The van der Waals surface area contributed by atoms with Crippen molar-refractivity contribution in [3.63, 3.8) is 0 Å². The summed E-state index contributed by atoms with van der Waals surface area (Å²) in [5.41, 5.74) is 1.36. The fourth-order valence-electron chi connectivity index (χ4n) is 2.90. The highest BCUT2D eigenvalue weighted by molar-refractivity contribution is 5.14. The van der Waals surface area contributed by atoms with Gasteiger partial charge in [-0.05, 0) is 37.7 Å². The Morgan fingerprint density at radius 3 is 2.83 bits per heavy atom. The van der Waals surface area contributed by atoms with Crippen molar-refractivity contribution in [2.45, 2.75) is 51.2 Å². The average Bonchev–Trinajstić information content (AvgIpc) is 2.88. The van der Waals surface area contributed by atoms with E-state index >= 15 is 0 Å². The molecular weight excluding hydrogens is 224 g/mol. The summed E-state index contributed by atoms with van der Waals surface area (Å²) in [6.07, 6.45) is 5.11. The third-order valence-corrected chi connectivity index (χ3v) is 3.97. The molecule has 0 aliphatic carbocycles. The standard InChI is InChI=1S/C16H24O2/c1-2-16-14(11-12-18-16)15(17)10-6-9-13-7-4-3-5-8-13/h3-5,7-8,14-17H,2,6,9-12H2,1H3. The zero-order valence-corrected chi connectivity index (χ0v) is 11.2. The lowest BCUT2D eigenvalue weighted by Crippen LogP contribution is -2.27. The number of rotatable bonds is 6. The molecule has 2 rings (SSSR count). The first-order valence-electron chi connectivity index (χ1n) is 7.15. The van der Waals surface area contributed by atoms with Crippen molar-refractivity contribution < 1.29 is 9.84 Å². The minimum absolute atomic E-state index is 0.193. The van der Waals surface area contributed by atoms with Crippen molar-refractivity contribution in [1.82, 2.24) is 0 Å². The topological polar surface area (TPSA) is 29.5 Å². The number of aliphatic hydroxyl groups is 1. The van der Waals surface area contributed by atoms with Gasteiger partial charge in [-0.15, -0.1) is 0 Å². The smallest absolute Gasteiger partial charge is 0.0626 e. The summed E-state index contributed by atoms with van der Waals surface area (Å²) < 4.78 is 5.64. The van der Waals surface area contributed by atoms with E-state index in [4.69, 9.17) is 4.74 Å². The largest absolute Gasteiger partial charge is 0.393 e. The van der Waals surface area contributed by atoms with Crippen LogP contribution in [0.5, 0.6) is 0 Å². The highest BCUT2D eigenvalue weighted by Gasteiger charge is 2.32. The van der Waals surface area contributed by atoms with Crippen molar-refractivity contribution in [3.8, 4) is 0 Å². The van der Waals surface area contributed by atoms with Gasteiger partial charge in [-0.2, -0.15) is 0 Å². The van der Waals surface area contributed by atoms with Crippen molar-refractivity contribution >= 4 is 0 Å². The predicted molar refractivity (Wildman–Crippen MR) is 73.5 cm³/mol. The van der Waals surface area contributed by atoms with Crippen LogP contribution in [0.25, 0.3) is 0 Å². The fraction of sp³-hybridized carbons (Fsp3) is 0.625. The van der Waals surface area contributed by atoms with Crippen molar-refractivity contribution in [2.75, 3.05) is 6.61 Å². The SMILES string of the molecule is CCC1OCCC1C(O)CCCc1ccccc1. The number of hydrogen-bond acceptors (Lipinski definition) is 2. The van der Waals surface area contributed by atoms with E-state index < -0.39 is 0 Å². The van der Waals surface area contributed by atoms with Crippen LogP contribution in [0.2, 0.25) is 0 Å². The zero-order chi connectivity index (χ0) is 12.8. The van der Waals surface area contributed by atoms with Crippen LogP contribution in [0.4, 0.5) is 0 Å². The van der Waals surface area contributed by atoms with Crippen LogP contribution in [0, 0.1) is 5.92 Å². The predicted octanol–water partition coefficient (Wildman–Crippen LogP) is 3.19. The highest BCUT2D eigenvalue weighted by atomic mass is 16.5. The monoisotopic (exact) mass is 248 g/mol. The molecule has 1 fully saturated rings. The molecule has 3 atom stereocenters. The summed E-state index contributed by atoms with van der Waals surface area (Å²) >= 11 is 0. The maximum Gasteiger partial charge on any atom is 0.0626 e. The van der Waals surface area contributed by atoms with E-state index in [-0.39, 0.29) is 12.2 Å². The van der Waals surface area contributed by atoms with Crippen molar-refractivity contribution in [1.29, 1.82) is 0 Å². The minimum Gasteiger partial charge on any atom is -0.393 e. The van der Waals surface area contributed by atoms with Crippen LogP contribution in [0.3, 0.4) is 0 Å². The molecule has 1 aliphatic rings. The molecule has 1 aliphatic heterocycles. The van der Waals surface area contributed by atoms with Gasteiger partial charge < -0.3 is 9.84 Å². The lowest BCUT2D eigenvalue weighted by molar-refractivity contribution is 0.0271. The minimum atomic E-state index is -0.193. The Balaban J connectivity index is 1.73. The fourth-order valence-corrected chi connectivity index (χ4v) is 2.90. The summed E-state index contributed by atoms with van der Waals surface area (Å²) in [5, 5.41) is 10.2. The lowest BCUT2D eigenvalue weighted by atomic mass is 9.90. The van der Waals surface area contributed by atoms with Gasteiger partial charge in [0.1, 0.15) is 0 Å². The van der Waals surface area contributed by atoms with Crippen molar-refractivity contribution in [3.05, 3.63) is 35.9 Å². The Kier molecular flexibility index (Phi) is 5.21. The Hall–Kier alpha value is -0.860. The molecule has 3 unspecified atom stereocenters. The van der Waals surface area contributed by atoms with E-state index in [1.807, 2.05) is 6.07 Å². The molecule has 1 N–H and O–H groups in total. The maximum absolute atomic E-state index is 10.2. The highest BCUT2D eigenvalue weighted by Crippen LogP contribution is 2.28. The molecule has 0 amide bonds. The Labute approximate surface area is 110 Å². The summed E-state index contributed by atoms with van der Waals surface area (Å²) in [4.78, 5) is 0. The normalized spacial score (nSPS) is 25.2. The summed E-state index contributed by atoms with van der Waals surface area (Å²) in [7, 11) is 0. The number of aryl methyl sites for hydroxylation is 1. The first-order chi connectivity index (χ1) is 8.81. The quantitative estimate of drug-likeness (QED) is 0.838. The molecule has 1 aromatic rings. The first-order valence-corrected chi connectivity index (χ1v) is 7.15. The molecular formula is C16H24O2. The van der Waals surface area contributed by atoms with Crippen LogP contribution >= 0.6 is 0 Å². The van der Waals surface area contributed by atoms with Gasteiger partial charge in [-0.25, -0.2) is 0 Å². The van der Waals surface area contributed by atoms with Crippen LogP contribution in [-0.4, -0.2) is 23.9 Å². The van der Waals surface area contributed by atoms with Gasteiger partial charge in [0.05, 0.1) is 12.2 Å². The van der Waals surface area contributed by atoms with Crippen molar-refractivity contribution in [2.24, 2.45) is 5.92 Å². The van der Waals surface area contributed by atoms with Crippen LogP contribution in [0.15, 0.2) is 30.3 Å². The van der Waals surface area contributed by atoms with E-state index in [2.05, 4.69) is 31.2 Å². The second kappa shape index (κ2) is 6.91. The van der Waals surface area contributed by atoms with E-state index in [0.29, 0.717) is 5.92 Å². The molecule has 1 saturated heterocycles. The molecule has 2 nitrogen and oxygen atoms in total. The lowest BCUT2D eigenvalue weighted by Gasteiger charge is -2.22. The van der Waals surface area contributed by atoms with E-state index in [0.717, 1.165) is 38.7 Å². The molecule has 0 bridgehead atoms. The van der Waals surface area contributed by atoms with Crippen LogP contribution < -0.4 is 0 Å². The Bertz CT molecular complexity index is 336.